The van der Waals surface area contributed by atoms with Crippen molar-refractivity contribution < 1.29 is 32.2 Å². The molecule has 2 aromatic carbocycles. The number of benzene rings is 2. The van der Waals surface area contributed by atoms with E-state index in [-0.39, 0.29) is 34.2 Å². The third kappa shape index (κ3) is 5.50. The van der Waals surface area contributed by atoms with E-state index >= 15 is 0 Å². The number of amides is 1. The Hall–Kier alpha value is -2.40. The zero-order chi connectivity index (χ0) is 23.5. The van der Waals surface area contributed by atoms with Gasteiger partial charge in [-0.15, -0.1) is 0 Å². The van der Waals surface area contributed by atoms with Gasteiger partial charge in [-0.1, -0.05) is 22.9 Å². The van der Waals surface area contributed by atoms with E-state index < -0.39 is 17.6 Å². The smallest absolute Gasteiger partial charge is 0.416 e. The van der Waals surface area contributed by atoms with Crippen molar-refractivity contribution in [1.29, 1.82) is 0 Å². The largest absolute Gasteiger partial charge is 0.496 e. The number of aromatic nitrogens is 1. The lowest BCUT2D eigenvalue weighted by molar-refractivity contribution is -0.137. The number of hydrogen-bond donors (Lipinski definition) is 1. The molecule has 0 spiro atoms. The van der Waals surface area contributed by atoms with Crippen LogP contribution in [0, 0.1) is 6.92 Å². The summed E-state index contributed by atoms with van der Waals surface area (Å²) in [6.45, 7) is 2.19. The van der Waals surface area contributed by atoms with Crippen molar-refractivity contribution in [3.63, 3.8) is 0 Å². The topological polar surface area (TPSA) is 69.7 Å². The molecule has 172 valence electrons. The summed E-state index contributed by atoms with van der Waals surface area (Å²) in [4.78, 5) is 17.2. The van der Waals surface area contributed by atoms with Gasteiger partial charge in [0.2, 0.25) is 0 Å². The molecule has 0 unspecified atom stereocenters. The number of alkyl halides is 3. The third-order valence-electron chi connectivity index (χ3n) is 4.50. The molecular weight excluding hydrogens is 469 g/mol. The number of hydrogen-bond acceptors (Lipinski definition) is 6. The first-order chi connectivity index (χ1) is 15.1. The molecule has 0 atom stereocenters. The summed E-state index contributed by atoms with van der Waals surface area (Å²) in [7, 11) is 2.93. The molecule has 0 radical (unpaired) electrons. The molecule has 1 N–H and O–H groups in total. The molecule has 0 aliphatic rings. The number of anilines is 1. The van der Waals surface area contributed by atoms with Crippen LogP contribution in [-0.4, -0.2) is 38.3 Å². The lowest BCUT2D eigenvalue weighted by Crippen LogP contribution is -2.13. The zero-order valence-electron chi connectivity index (χ0n) is 17.4. The lowest BCUT2D eigenvalue weighted by Gasteiger charge is -2.11. The van der Waals surface area contributed by atoms with E-state index in [0.717, 1.165) is 23.5 Å². The van der Waals surface area contributed by atoms with Gasteiger partial charge in [-0.25, -0.2) is 4.98 Å². The SMILES string of the molecule is COCCOCc1cc(C(F)(F)F)cc2sc(NC(=O)c3cc(Cl)cc(C)c3OC)nc12. The maximum atomic E-state index is 13.4. The predicted molar refractivity (Wildman–Crippen MR) is 117 cm³/mol. The first kappa shape index (κ1) is 24.2. The minimum absolute atomic E-state index is 0.0811. The van der Waals surface area contributed by atoms with E-state index in [1.165, 1.54) is 20.3 Å². The number of methoxy groups -OCH3 is 2. The van der Waals surface area contributed by atoms with Crippen LogP contribution in [0.3, 0.4) is 0 Å². The van der Waals surface area contributed by atoms with Crippen LogP contribution in [0.15, 0.2) is 24.3 Å². The van der Waals surface area contributed by atoms with Gasteiger partial charge in [0, 0.05) is 17.7 Å². The number of nitrogens with zero attached hydrogens (tertiary/aromatic N) is 1. The van der Waals surface area contributed by atoms with Crippen molar-refractivity contribution in [2.45, 2.75) is 19.7 Å². The summed E-state index contributed by atoms with van der Waals surface area (Å²) in [6, 6.07) is 5.12. The maximum absolute atomic E-state index is 13.4. The van der Waals surface area contributed by atoms with E-state index in [0.29, 0.717) is 28.5 Å². The van der Waals surface area contributed by atoms with Gasteiger partial charge in [0.05, 0.1) is 48.3 Å². The summed E-state index contributed by atoms with van der Waals surface area (Å²) < 4.78 is 56.0. The van der Waals surface area contributed by atoms with Gasteiger partial charge in [-0.2, -0.15) is 13.2 Å². The zero-order valence-corrected chi connectivity index (χ0v) is 19.0. The predicted octanol–water partition coefficient (Wildman–Crippen LogP) is 5.70. The molecule has 0 aliphatic carbocycles. The standard InChI is InChI=1S/C21H20ClF3N2O4S/c1-11-6-14(22)9-15(18(11)30-3)19(28)27-20-26-17-12(10-31-5-4-29-2)7-13(21(23,24)25)8-16(17)32-20/h6-9H,4-5,10H2,1-3H3,(H,26,27,28). The van der Waals surface area contributed by atoms with Gasteiger partial charge in [0.25, 0.3) is 5.91 Å². The molecular formula is C21H20ClF3N2O4S. The fraction of sp³-hybridized carbons (Fsp3) is 0.333. The van der Waals surface area contributed by atoms with Crippen molar-refractivity contribution in [3.05, 3.63) is 51.5 Å². The highest BCUT2D eigenvalue weighted by Crippen LogP contribution is 2.37. The number of carbonyl (C=O) groups is 1. The fourth-order valence-electron chi connectivity index (χ4n) is 3.08. The Morgan fingerprint density at radius 1 is 1.19 bits per heavy atom. The third-order valence-corrected chi connectivity index (χ3v) is 5.64. The van der Waals surface area contributed by atoms with Gasteiger partial charge in [0.1, 0.15) is 5.75 Å². The second kappa shape index (κ2) is 10.0. The van der Waals surface area contributed by atoms with Crippen LogP contribution in [0.4, 0.5) is 18.3 Å². The summed E-state index contributed by atoms with van der Waals surface area (Å²) >= 11 is 7.00. The Morgan fingerprint density at radius 2 is 1.94 bits per heavy atom. The van der Waals surface area contributed by atoms with Crippen molar-refractivity contribution >= 4 is 44.2 Å². The first-order valence-corrected chi connectivity index (χ1v) is 10.6. The van der Waals surface area contributed by atoms with Crippen LogP contribution in [0.1, 0.15) is 27.0 Å². The molecule has 0 bridgehead atoms. The second-order valence-electron chi connectivity index (χ2n) is 6.80. The number of carbonyl (C=O) groups excluding carboxylic acids is 1. The van der Waals surface area contributed by atoms with Crippen LogP contribution in [0.2, 0.25) is 5.02 Å². The number of thiazole rings is 1. The van der Waals surface area contributed by atoms with Crippen LogP contribution < -0.4 is 10.1 Å². The van der Waals surface area contributed by atoms with Crippen LogP contribution >= 0.6 is 22.9 Å². The molecule has 1 aromatic heterocycles. The normalized spacial score (nSPS) is 11.7. The molecule has 32 heavy (non-hydrogen) atoms. The van der Waals surface area contributed by atoms with E-state index in [9.17, 15) is 18.0 Å². The summed E-state index contributed by atoms with van der Waals surface area (Å²) in [5.41, 5.74) is 0.628. The number of fused-ring (bicyclic) bond motifs is 1. The maximum Gasteiger partial charge on any atom is 0.416 e. The summed E-state index contributed by atoms with van der Waals surface area (Å²) in [5, 5.41) is 3.12. The van der Waals surface area contributed by atoms with Crippen LogP contribution in [-0.2, 0) is 22.3 Å². The monoisotopic (exact) mass is 488 g/mol. The van der Waals surface area contributed by atoms with Gasteiger partial charge in [0.15, 0.2) is 5.13 Å². The van der Waals surface area contributed by atoms with E-state index in [1.807, 2.05) is 0 Å². The van der Waals surface area contributed by atoms with Crippen LogP contribution in [0.5, 0.6) is 5.75 Å². The highest BCUT2D eigenvalue weighted by Gasteiger charge is 2.32. The summed E-state index contributed by atoms with van der Waals surface area (Å²) in [5.74, 6) is -0.194. The highest BCUT2D eigenvalue weighted by molar-refractivity contribution is 7.22. The Bertz CT molecular complexity index is 1130. The Balaban J connectivity index is 1.95. The van der Waals surface area contributed by atoms with Gasteiger partial charge in [-0.05, 0) is 36.8 Å². The number of aryl methyl sites for hydroxylation is 1. The van der Waals surface area contributed by atoms with Crippen molar-refractivity contribution in [2.24, 2.45) is 0 Å². The van der Waals surface area contributed by atoms with Gasteiger partial charge in [-0.3, -0.25) is 10.1 Å². The number of nitrogens with one attached hydrogen (secondary N) is 1. The van der Waals surface area contributed by atoms with Crippen molar-refractivity contribution in [1.82, 2.24) is 4.98 Å². The van der Waals surface area contributed by atoms with E-state index in [2.05, 4.69) is 10.3 Å². The minimum Gasteiger partial charge on any atom is -0.496 e. The molecule has 0 aliphatic heterocycles. The van der Waals surface area contributed by atoms with Gasteiger partial charge < -0.3 is 14.2 Å². The van der Waals surface area contributed by atoms with E-state index in [4.69, 9.17) is 25.8 Å². The fourth-order valence-corrected chi connectivity index (χ4v) is 4.31. The van der Waals surface area contributed by atoms with Crippen LogP contribution in [0.25, 0.3) is 10.2 Å². The Labute approximate surface area is 191 Å². The number of halogens is 4. The molecule has 0 saturated heterocycles. The molecule has 3 rings (SSSR count). The molecule has 0 fully saturated rings. The second-order valence-corrected chi connectivity index (χ2v) is 8.27. The average Bonchev–Trinajstić information content (AvgIpc) is 3.12. The molecule has 1 heterocycles. The molecule has 6 nitrogen and oxygen atoms in total. The molecule has 0 saturated carbocycles. The highest BCUT2D eigenvalue weighted by atomic mass is 35.5. The Kier molecular flexibility index (Phi) is 7.60. The number of ether oxygens (including phenoxy) is 3. The molecule has 3 aromatic rings. The average molecular weight is 489 g/mol. The summed E-state index contributed by atoms with van der Waals surface area (Å²) in [6.07, 6.45) is -4.53. The van der Waals surface area contributed by atoms with Crippen molar-refractivity contribution in [2.75, 3.05) is 32.8 Å². The molecule has 1 amide bonds. The lowest BCUT2D eigenvalue weighted by atomic mass is 10.1. The molecule has 11 heteroatoms. The number of rotatable bonds is 8. The quantitative estimate of drug-likeness (QED) is 0.412. The van der Waals surface area contributed by atoms with Gasteiger partial charge >= 0.3 is 6.18 Å². The first-order valence-electron chi connectivity index (χ1n) is 9.37. The van der Waals surface area contributed by atoms with Crippen molar-refractivity contribution in [3.8, 4) is 5.75 Å². The minimum atomic E-state index is -4.53. The van der Waals surface area contributed by atoms with E-state index in [1.54, 1.807) is 13.0 Å². The Morgan fingerprint density at radius 3 is 2.59 bits per heavy atom.